The highest BCUT2D eigenvalue weighted by molar-refractivity contribution is 14.0. The molecular formula is C17H29BrIN7S. The predicted molar refractivity (Wildman–Crippen MR) is 128 cm³/mol. The van der Waals surface area contributed by atoms with Gasteiger partial charge in [0, 0.05) is 44.1 Å². The van der Waals surface area contributed by atoms with Gasteiger partial charge in [-0.25, -0.2) is 4.99 Å². The number of aromatic nitrogens is 4. The van der Waals surface area contributed by atoms with Crippen LogP contribution in [0.1, 0.15) is 23.8 Å². The first-order chi connectivity index (χ1) is 12.4. The van der Waals surface area contributed by atoms with Gasteiger partial charge in [0.2, 0.25) is 0 Å². The SMILES string of the molecule is CSCCCNC(=NCc1nnc(C)n1C)N(C)Cc1cc(Br)cn1C.I. The van der Waals surface area contributed by atoms with Crippen molar-refractivity contribution >= 4 is 57.6 Å². The molecule has 0 aliphatic carbocycles. The fourth-order valence-electron chi connectivity index (χ4n) is 2.50. The molecule has 2 aromatic heterocycles. The molecule has 0 aliphatic rings. The zero-order valence-electron chi connectivity index (χ0n) is 16.6. The largest absolute Gasteiger partial charge is 0.356 e. The molecule has 0 saturated heterocycles. The highest BCUT2D eigenvalue weighted by Gasteiger charge is 2.11. The van der Waals surface area contributed by atoms with Crippen LogP contribution in [0.2, 0.25) is 0 Å². The lowest BCUT2D eigenvalue weighted by molar-refractivity contribution is 0.459. The third kappa shape index (κ3) is 7.30. The van der Waals surface area contributed by atoms with Crippen LogP contribution in [0.3, 0.4) is 0 Å². The lowest BCUT2D eigenvalue weighted by atomic mass is 10.4. The normalized spacial score (nSPS) is 11.4. The number of guanidine groups is 1. The number of rotatable bonds is 8. The summed E-state index contributed by atoms with van der Waals surface area (Å²) in [5.74, 6) is 3.77. The van der Waals surface area contributed by atoms with E-state index in [9.17, 15) is 0 Å². The Morgan fingerprint density at radius 3 is 2.67 bits per heavy atom. The number of nitrogens with one attached hydrogen (secondary N) is 1. The van der Waals surface area contributed by atoms with Gasteiger partial charge < -0.3 is 19.4 Å². The molecule has 0 bridgehead atoms. The molecule has 27 heavy (non-hydrogen) atoms. The fraction of sp³-hybridized carbons (Fsp3) is 0.588. The van der Waals surface area contributed by atoms with E-state index in [0.29, 0.717) is 6.54 Å². The number of thioether (sulfide) groups is 1. The van der Waals surface area contributed by atoms with Crippen molar-refractivity contribution in [2.24, 2.45) is 19.1 Å². The molecule has 0 unspecified atom stereocenters. The Balaban J connectivity index is 0.00000364. The maximum atomic E-state index is 4.78. The van der Waals surface area contributed by atoms with Crippen molar-refractivity contribution in [2.45, 2.75) is 26.4 Å². The molecule has 1 N–H and O–H groups in total. The molecule has 2 rings (SSSR count). The average Bonchev–Trinajstić information content (AvgIpc) is 3.08. The number of aryl methyl sites for hydroxylation is 2. The molecule has 10 heteroatoms. The molecule has 0 saturated carbocycles. The van der Waals surface area contributed by atoms with Crippen LogP contribution in [0.25, 0.3) is 0 Å². The minimum atomic E-state index is 0. The number of nitrogens with zero attached hydrogens (tertiary/aromatic N) is 6. The molecular weight excluding hydrogens is 541 g/mol. The summed E-state index contributed by atoms with van der Waals surface area (Å²) in [6.07, 6.45) is 5.30. The lowest BCUT2D eigenvalue weighted by Gasteiger charge is -2.23. The van der Waals surface area contributed by atoms with Gasteiger partial charge in [0.15, 0.2) is 11.8 Å². The van der Waals surface area contributed by atoms with Crippen LogP contribution in [0.5, 0.6) is 0 Å². The van der Waals surface area contributed by atoms with Gasteiger partial charge in [-0.2, -0.15) is 11.8 Å². The van der Waals surface area contributed by atoms with E-state index in [-0.39, 0.29) is 24.0 Å². The first kappa shape index (κ1) is 24.3. The second-order valence-electron chi connectivity index (χ2n) is 6.25. The molecule has 0 spiro atoms. The lowest BCUT2D eigenvalue weighted by Crippen LogP contribution is -2.39. The van der Waals surface area contributed by atoms with E-state index in [2.05, 4.69) is 73.5 Å². The Kier molecular flexibility index (Phi) is 10.7. The van der Waals surface area contributed by atoms with Crippen LogP contribution >= 0.6 is 51.7 Å². The molecule has 7 nitrogen and oxygen atoms in total. The average molecular weight is 570 g/mol. The van der Waals surface area contributed by atoms with Crippen molar-refractivity contribution in [1.82, 2.24) is 29.5 Å². The Labute approximate surface area is 191 Å². The van der Waals surface area contributed by atoms with Crippen molar-refractivity contribution in [3.8, 4) is 0 Å². The van der Waals surface area contributed by atoms with Crippen molar-refractivity contribution in [1.29, 1.82) is 0 Å². The Morgan fingerprint density at radius 1 is 1.37 bits per heavy atom. The van der Waals surface area contributed by atoms with E-state index >= 15 is 0 Å². The standard InChI is InChI=1S/C17H28BrN7S.HI/c1-13-21-22-16(25(13)4)10-20-17(19-7-6-8-26-5)24(3)12-15-9-14(18)11-23(15)2;/h9,11H,6-8,10,12H2,1-5H3,(H,19,20);1H. The molecule has 0 fully saturated rings. The first-order valence-corrected chi connectivity index (χ1v) is 10.7. The molecule has 152 valence electrons. The summed E-state index contributed by atoms with van der Waals surface area (Å²) in [6.45, 7) is 4.12. The van der Waals surface area contributed by atoms with Gasteiger partial charge in [-0.15, -0.1) is 34.2 Å². The Morgan fingerprint density at radius 2 is 2.11 bits per heavy atom. The minimum Gasteiger partial charge on any atom is -0.356 e. The van der Waals surface area contributed by atoms with Gasteiger partial charge in [0.1, 0.15) is 12.4 Å². The van der Waals surface area contributed by atoms with E-state index in [0.717, 1.165) is 47.3 Å². The smallest absolute Gasteiger partial charge is 0.194 e. The Hall–Kier alpha value is -0.750. The number of hydrogen-bond acceptors (Lipinski definition) is 4. The van der Waals surface area contributed by atoms with Crippen molar-refractivity contribution in [3.05, 3.63) is 34.1 Å². The van der Waals surface area contributed by atoms with E-state index in [1.54, 1.807) is 0 Å². The van der Waals surface area contributed by atoms with E-state index in [4.69, 9.17) is 4.99 Å². The summed E-state index contributed by atoms with van der Waals surface area (Å²) < 4.78 is 5.19. The summed E-state index contributed by atoms with van der Waals surface area (Å²) in [7, 11) is 6.08. The van der Waals surface area contributed by atoms with E-state index in [1.165, 1.54) is 5.69 Å². The summed E-state index contributed by atoms with van der Waals surface area (Å²) in [4.78, 5) is 6.92. The molecule has 0 aromatic carbocycles. The summed E-state index contributed by atoms with van der Waals surface area (Å²) in [5.41, 5.74) is 1.22. The molecule has 0 atom stereocenters. The van der Waals surface area contributed by atoms with Crippen LogP contribution in [0, 0.1) is 6.92 Å². The number of aliphatic imine (C=N–C) groups is 1. The van der Waals surface area contributed by atoms with Gasteiger partial charge in [0.05, 0.1) is 6.54 Å². The van der Waals surface area contributed by atoms with E-state index < -0.39 is 0 Å². The number of halogens is 2. The second-order valence-corrected chi connectivity index (χ2v) is 8.15. The summed E-state index contributed by atoms with van der Waals surface area (Å²) in [5, 5.41) is 11.8. The Bertz CT molecular complexity index is 744. The van der Waals surface area contributed by atoms with Gasteiger partial charge in [0.25, 0.3) is 0 Å². The van der Waals surface area contributed by atoms with Crippen LogP contribution in [0.4, 0.5) is 0 Å². The van der Waals surface area contributed by atoms with E-state index in [1.807, 2.05) is 30.3 Å². The summed E-state index contributed by atoms with van der Waals surface area (Å²) in [6, 6.07) is 2.13. The molecule has 2 aromatic rings. The molecule has 2 heterocycles. The van der Waals surface area contributed by atoms with Crippen molar-refractivity contribution in [2.75, 3.05) is 25.6 Å². The maximum Gasteiger partial charge on any atom is 0.194 e. The second kappa shape index (κ2) is 11.9. The van der Waals surface area contributed by atoms with Gasteiger partial charge in [-0.1, -0.05) is 0 Å². The van der Waals surface area contributed by atoms with Crippen LogP contribution in [-0.2, 0) is 27.2 Å². The monoisotopic (exact) mass is 569 g/mol. The molecule has 0 radical (unpaired) electrons. The molecule has 0 amide bonds. The maximum absolute atomic E-state index is 4.78. The highest BCUT2D eigenvalue weighted by atomic mass is 127. The fourth-order valence-corrected chi connectivity index (χ4v) is 3.51. The van der Waals surface area contributed by atoms with Crippen LogP contribution in [0.15, 0.2) is 21.7 Å². The van der Waals surface area contributed by atoms with Crippen LogP contribution in [-0.4, -0.2) is 55.8 Å². The zero-order valence-corrected chi connectivity index (χ0v) is 21.3. The zero-order chi connectivity index (χ0) is 19.1. The third-order valence-corrected chi connectivity index (χ3v) is 5.33. The topological polar surface area (TPSA) is 63.3 Å². The minimum absolute atomic E-state index is 0. The molecule has 0 aliphatic heterocycles. The van der Waals surface area contributed by atoms with Crippen LogP contribution < -0.4 is 5.32 Å². The van der Waals surface area contributed by atoms with Gasteiger partial charge in [-0.05, 0) is 47.3 Å². The van der Waals surface area contributed by atoms with Crippen molar-refractivity contribution < 1.29 is 0 Å². The van der Waals surface area contributed by atoms with Gasteiger partial charge >= 0.3 is 0 Å². The summed E-state index contributed by atoms with van der Waals surface area (Å²) >= 11 is 5.40. The van der Waals surface area contributed by atoms with Crippen molar-refractivity contribution in [3.63, 3.8) is 0 Å². The van der Waals surface area contributed by atoms with Gasteiger partial charge in [-0.3, -0.25) is 0 Å². The predicted octanol–water partition coefficient (Wildman–Crippen LogP) is 3.17. The third-order valence-electron chi connectivity index (χ3n) is 4.20. The highest BCUT2D eigenvalue weighted by Crippen LogP contribution is 2.15. The quantitative estimate of drug-likeness (QED) is 0.229. The number of hydrogen-bond donors (Lipinski definition) is 1. The first-order valence-electron chi connectivity index (χ1n) is 8.56.